The zero-order valence-corrected chi connectivity index (χ0v) is 14.6. The van der Waals surface area contributed by atoms with E-state index in [4.69, 9.17) is 0 Å². The van der Waals surface area contributed by atoms with Gasteiger partial charge in [0.2, 0.25) is 0 Å². The van der Waals surface area contributed by atoms with Crippen LogP contribution in [0, 0.1) is 0 Å². The van der Waals surface area contributed by atoms with E-state index in [2.05, 4.69) is 15.4 Å². The van der Waals surface area contributed by atoms with Crippen LogP contribution in [0.4, 0.5) is 10.5 Å². The predicted octanol–water partition coefficient (Wildman–Crippen LogP) is 2.03. The summed E-state index contributed by atoms with van der Waals surface area (Å²) in [5, 5.41) is 6.96. The van der Waals surface area contributed by atoms with Crippen LogP contribution in [0.3, 0.4) is 0 Å². The number of carbonyl (C=O) groups is 1. The summed E-state index contributed by atoms with van der Waals surface area (Å²) in [6.07, 6.45) is 5.82. The Balaban J connectivity index is 1.63. The molecule has 2 amide bonds. The van der Waals surface area contributed by atoms with E-state index < -0.39 is 10.8 Å². The summed E-state index contributed by atoms with van der Waals surface area (Å²) in [7, 11) is -0.916. The van der Waals surface area contributed by atoms with Crippen LogP contribution < -0.4 is 5.32 Å². The highest BCUT2D eigenvalue weighted by Gasteiger charge is 2.31. The minimum absolute atomic E-state index is 0.182. The molecule has 1 atom stereocenters. The number of nitrogens with zero attached hydrogens (tertiary/aromatic N) is 4. The van der Waals surface area contributed by atoms with Crippen molar-refractivity contribution in [1.82, 2.24) is 19.7 Å². The summed E-state index contributed by atoms with van der Waals surface area (Å²) in [6.45, 7) is 5.08. The number of anilines is 1. The Morgan fingerprint density at radius 3 is 2.83 bits per heavy atom. The van der Waals surface area contributed by atoms with Crippen molar-refractivity contribution in [3.05, 3.63) is 36.8 Å². The third kappa shape index (κ3) is 3.64. The number of urea groups is 1. The maximum atomic E-state index is 12.4. The third-order valence-corrected chi connectivity index (χ3v) is 6.16. The lowest BCUT2D eigenvalue weighted by Gasteiger charge is -2.22. The molecule has 24 heavy (non-hydrogen) atoms. The van der Waals surface area contributed by atoms with Gasteiger partial charge in [-0.15, -0.1) is 0 Å². The van der Waals surface area contributed by atoms with Gasteiger partial charge in [0, 0.05) is 46.8 Å². The van der Waals surface area contributed by atoms with Crippen molar-refractivity contribution in [3.8, 4) is 5.82 Å². The molecule has 3 rings (SSSR count). The number of hydrogen-bond acceptors (Lipinski definition) is 4. The average molecular weight is 347 g/mol. The number of carbonyl (C=O) groups excluding carboxylic acids is 1. The molecule has 2 aromatic rings. The smallest absolute Gasteiger partial charge is 0.321 e. The van der Waals surface area contributed by atoms with Crippen molar-refractivity contribution in [2.24, 2.45) is 0 Å². The minimum atomic E-state index is -0.916. The molecule has 0 radical (unpaired) electrons. The molecule has 1 fully saturated rings. The summed E-state index contributed by atoms with van der Waals surface area (Å²) in [4.78, 5) is 18.4. The molecular weight excluding hydrogens is 326 g/mol. The molecule has 7 nitrogen and oxygen atoms in total. The fourth-order valence-electron chi connectivity index (χ4n) is 2.50. The summed E-state index contributed by atoms with van der Waals surface area (Å²) >= 11 is 0. The second-order valence-corrected chi connectivity index (χ2v) is 8.54. The van der Waals surface area contributed by atoms with Gasteiger partial charge >= 0.3 is 6.03 Å². The highest BCUT2D eigenvalue weighted by molar-refractivity contribution is 7.86. The molecule has 0 bridgehead atoms. The van der Waals surface area contributed by atoms with Gasteiger partial charge in [-0.05, 0) is 38.5 Å². The fraction of sp³-hybridized carbons (Fsp3) is 0.438. The topological polar surface area (TPSA) is 80.1 Å². The van der Waals surface area contributed by atoms with Crippen molar-refractivity contribution in [3.63, 3.8) is 0 Å². The van der Waals surface area contributed by atoms with Gasteiger partial charge in [0.25, 0.3) is 0 Å². The van der Waals surface area contributed by atoms with Crippen molar-refractivity contribution < 1.29 is 9.00 Å². The molecule has 1 aliphatic heterocycles. The molecule has 1 saturated heterocycles. The molecule has 8 heteroatoms. The minimum Gasteiger partial charge on any atom is -0.324 e. The lowest BCUT2D eigenvalue weighted by Crippen LogP contribution is -2.37. The van der Waals surface area contributed by atoms with Gasteiger partial charge in [-0.1, -0.05) is 0 Å². The Labute approximate surface area is 143 Å². The van der Waals surface area contributed by atoms with Crippen LogP contribution in [0.2, 0.25) is 0 Å². The molecule has 0 saturated carbocycles. The van der Waals surface area contributed by atoms with Crippen molar-refractivity contribution in [2.75, 3.05) is 24.2 Å². The fourth-order valence-corrected chi connectivity index (χ4v) is 3.76. The van der Waals surface area contributed by atoms with Crippen LogP contribution >= 0.6 is 0 Å². The maximum absolute atomic E-state index is 12.4. The van der Waals surface area contributed by atoms with E-state index >= 15 is 0 Å². The first-order valence-electron chi connectivity index (χ1n) is 7.86. The van der Waals surface area contributed by atoms with Crippen LogP contribution in [-0.4, -0.2) is 53.5 Å². The van der Waals surface area contributed by atoms with E-state index in [0.29, 0.717) is 30.3 Å². The van der Waals surface area contributed by atoms with Crippen LogP contribution in [-0.2, 0) is 10.8 Å². The number of amides is 2. The van der Waals surface area contributed by atoms with Gasteiger partial charge < -0.3 is 10.2 Å². The second kappa shape index (κ2) is 6.72. The van der Waals surface area contributed by atoms with Gasteiger partial charge in [0.15, 0.2) is 5.82 Å². The summed E-state index contributed by atoms with van der Waals surface area (Å²) in [6, 6.07) is 5.23. The Kier molecular flexibility index (Phi) is 4.66. The lowest BCUT2D eigenvalue weighted by molar-refractivity contribution is 0.214. The van der Waals surface area contributed by atoms with Crippen LogP contribution in [0.15, 0.2) is 36.8 Å². The van der Waals surface area contributed by atoms with Crippen LogP contribution in [0.5, 0.6) is 0 Å². The predicted molar refractivity (Wildman–Crippen MR) is 93.7 cm³/mol. The first kappa shape index (κ1) is 16.6. The van der Waals surface area contributed by atoms with Crippen LogP contribution in [0.25, 0.3) is 5.82 Å². The van der Waals surface area contributed by atoms with E-state index in [1.54, 1.807) is 40.3 Å². The van der Waals surface area contributed by atoms with Crippen molar-refractivity contribution >= 4 is 22.5 Å². The van der Waals surface area contributed by atoms with Gasteiger partial charge in [-0.25, -0.2) is 14.5 Å². The zero-order chi connectivity index (χ0) is 17.2. The van der Waals surface area contributed by atoms with E-state index in [1.165, 1.54) is 0 Å². The van der Waals surface area contributed by atoms with Gasteiger partial charge in [0.1, 0.15) is 0 Å². The Morgan fingerprint density at radius 2 is 2.17 bits per heavy atom. The number of aromatic nitrogens is 3. The molecule has 1 aliphatic rings. The second-order valence-electron chi connectivity index (χ2n) is 6.33. The highest BCUT2D eigenvalue weighted by Crippen LogP contribution is 2.22. The molecule has 1 unspecified atom stereocenters. The Morgan fingerprint density at radius 1 is 1.33 bits per heavy atom. The summed E-state index contributed by atoms with van der Waals surface area (Å²) in [5.74, 6) is 1.20. The highest BCUT2D eigenvalue weighted by atomic mass is 32.2. The summed E-state index contributed by atoms with van der Waals surface area (Å²) in [5.41, 5.74) is 0.625. The molecule has 3 heterocycles. The standard InChI is InChI=1S/C16H21N5O2S/c1-16(2)6-9-20(10-11-24(16)23)15(22)19-13-4-5-14(17-12-13)21-8-3-7-18-21/h3-5,7-8,12H,6,9-11H2,1-2H3,(H,19,22). The Bertz CT molecular complexity index is 727. The number of hydrogen-bond donors (Lipinski definition) is 1. The van der Waals surface area contributed by atoms with E-state index in [0.717, 1.165) is 6.42 Å². The van der Waals surface area contributed by atoms with E-state index in [9.17, 15) is 9.00 Å². The molecular formula is C16H21N5O2S. The van der Waals surface area contributed by atoms with Crippen molar-refractivity contribution in [2.45, 2.75) is 25.0 Å². The van der Waals surface area contributed by atoms with E-state index in [1.807, 2.05) is 19.9 Å². The maximum Gasteiger partial charge on any atom is 0.321 e. The molecule has 128 valence electrons. The van der Waals surface area contributed by atoms with Crippen molar-refractivity contribution in [1.29, 1.82) is 0 Å². The molecule has 0 aliphatic carbocycles. The number of rotatable bonds is 2. The molecule has 0 spiro atoms. The zero-order valence-electron chi connectivity index (χ0n) is 13.8. The third-order valence-electron chi connectivity index (χ3n) is 4.17. The SMILES string of the molecule is CC1(C)CCN(C(=O)Nc2ccc(-n3cccn3)nc2)CCS1=O. The van der Waals surface area contributed by atoms with E-state index in [-0.39, 0.29) is 10.8 Å². The normalized spacial score (nSPS) is 20.4. The van der Waals surface area contributed by atoms with Crippen LogP contribution in [0.1, 0.15) is 20.3 Å². The number of pyridine rings is 1. The first-order valence-corrected chi connectivity index (χ1v) is 9.18. The van der Waals surface area contributed by atoms with Gasteiger partial charge in [-0.2, -0.15) is 5.10 Å². The number of nitrogens with one attached hydrogen (secondary N) is 1. The van der Waals surface area contributed by atoms with Gasteiger partial charge in [-0.3, -0.25) is 4.21 Å². The summed E-state index contributed by atoms with van der Waals surface area (Å²) < 4.78 is 13.5. The largest absolute Gasteiger partial charge is 0.324 e. The molecule has 2 aromatic heterocycles. The lowest BCUT2D eigenvalue weighted by atomic mass is 10.1. The first-order chi connectivity index (χ1) is 11.5. The average Bonchev–Trinajstić information content (AvgIpc) is 3.05. The quantitative estimate of drug-likeness (QED) is 0.901. The molecule has 0 aromatic carbocycles. The Hall–Kier alpha value is -2.22. The monoisotopic (exact) mass is 347 g/mol. The van der Waals surface area contributed by atoms with Gasteiger partial charge in [0.05, 0.1) is 11.9 Å². The molecule has 1 N–H and O–H groups in total.